The van der Waals surface area contributed by atoms with Crippen LogP contribution in [0.2, 0.25) is 0 Å². The summed E-state index contributed by atoms with van der Waals surface area (Å²) in [7, 11) is 1.25. The molecule has 0 unspecified atom stereocenters. The number of aryl methyl sites for hydroxylation is 1. The van der Waals surface area contributed by atoms with E-state index >= 15 is 0 Å². The number of rotatable bonds is 9. The van der Waals surface area contributed by atoms with E-state index in [-0.39, 0.29) is 28.0 Å². The number of imidazole rings is 1. The van der Waals surface area contributed by atoms with E-state index in [1.165, 1.54) is 30.6 Å². The van der Waals surface area contributed by atoms with Crippen LogP contribution in [0.3, 0.4) is 0 Å². The van der Waals surface area contributed by atoms with Gasteiger partial charge in [0.25, 0.3) is 5.91 Å². The largest absolute Gasteiger partial charge is 0.488 e. The fourth-order valence-electron chi connectivity index (χ4n) is 6.42. The molecule has 3 aromatic heterocycles. The lowest BCUT2D eigenvalue weighted by molar-refractivity contribution is -0.109. The smallest absolute Gasteiger partial charge is 0.427 e. The van der Waals surface area contributed by atoms with Crippen LogP contribution in [0, 0.1) is 12.8 Å². The molecule has 0 radical (unpaired) electrons. The number of imide groups is 1. The number of pyridine rings is 1. The van der Waals surface area contributed by atoms with Gasteiger partial charge in [-0.1, -0.05) is 33.8 Å². The molecule has 0 aliphatic carbocycles. The first-order valence-corrected chi connectivity index (χ1v) is 23.1. The quantitative estimate of drug-likeness (QED) is 0.0611. The van der Waals surface area contributed by atoms with Gasteiger partial charge in [-0.3, -0.25) is 9.59 Å². The van der Waals surface area contributed by atoms with Crippen molar-refractivity contribution >= 4 is 70.6 Å². The Hall–Kier alpha value is -6.82. The second-order valence-electron chi connectivity index (χ2n) is 18.7. The van der Waals surface area contributed by atoms with E-state index < -0.39 is 52.9 Å². The summed E-state index contributed by atoms with van der Waals surface area (Å²) in [4.78, 5) is 89.1. The summed E-state index contributed by atoms with van der Waals surface area (Å²) in [6.07, 6.45) is -1.46. The third-order valence-electron chi connectivity index (χ3n) is 9.21. The fraction of sp³-hybridized carbons (Fsp3) is 0.440. The molecule has 2 N–H and O–H groups in total. The number of aromatic nitrogens is 3. The number of hydrogen-bond donors (Lipinski definition) is 2. The Morgan fingerprint density at radius 3 is 2.04 bits per heavy atom. The molecule has 2 aromatic carbocycles. The molecule has 0 atom stereocenters. The highest BCUT2D eigenvalue weighted by atomic mass is 32.1. The van der Waals surface area contributed by atoms with Crippen LogP contribution in [0.1, 0.15) is 129 Å². The summed E-state index contributed by atoms with van der Waals surface area (Å²) in [6.45, 7) is 25.8. The normalized spacial score (nSPS) is 11.8. The monoisotopic (exact) mass is 956 g/mol. The van der Waals surface area contributed by atoms with Crippen molar-refractivity contribution < 1.29 is 52.5 Å². The van der Waals surface area contributed by atoms with Gasteiger partial charge in [-0.2, -0.15) is 0 Å². The number of benzene rings is 2. The van der Waals surface area contributed by atoms with Crippen molar-refractivity contribution in [2.75, 3.05) is 23.9 Å². The molecule has 0 fully saturated rings. The standard InChI is InChI=1S/C42H45N5O10S.C6H13NO.C2H6/c1-22-12-14-25(32(43-22)35(49)53-11)26-20-31-28(33-23(21-54-31)16-17-58-33)19-27(26)34(48)44-24-13-15-29-30(18-24)46(37(50)55-40(2,3)4)36(45-29)47(38(51)56-41(5,6)7)39(52)57-42(8,9)10;1-6(2)3-4-7-5-8;1-2/h12-20H,21H2,1-11H3,(H,44,48);5-6H,3-4H2,1-2H3,(H,7,8);1-2H3. The Kier molecular flexibility index (Phi) is 17.7. The summed E-state index contributed by atoms with van der Waals surface area (Å²) in [5.74, 6) is -0.519. The molecule has 5 aromatic rings. The van der Waals surface area contributed by atoms with Gasteiger partial charge in [0.05, 0.1) is 18.1 Å². The second-order valence-corrected chi connectivity index (χ2v) is 19.6. The predicted octanol–water partition coefficient (Wildman–Crippen LogP) is 11.3. The first-order valence-electron chi connectivity index (χ1n) is 22.2. The number of anilines is 2. The molecule has 0 saturated heterocycles. The molecular weight excluding hydrogens is 893 g/mol. The van der Waals surface area contributed by atoms with Crippen LogP contribution in [0.15, 0.2) is 53.9 Å². The zero-order valence-electron chi connectivity index (χ0n) is 41.7. The summed E-state index contributed by atoms with van der Waals surface area (Å²) in [5.41, 5.74) is 0.481. The van der Waals surface area contributed by atoms with Crippen LogP contribution in [0.5, 0.6) is 5.75 Å². The predicted molar refractivity (Wildman–Crippen MR) is 263 cm³/mol. The van der Waals surface area contributed by atoms with Gasteiger partial charge >= 0.3 is 24.2 Å². The van der Waals surface area contributed by atoms with E-state index in [9.17, 15) is 28.8 Å². The number of carbonyl (C=O) groups excluding carboxylic acids is 6. The van der Waals surface area contributed by atoms with E-state index in [2.05, 4.69) is 34.4 Å². The van der Waals surface area contributed by atoms with Gasteiger partial charge in [-0.15, -0.1) is 16.2 Å². The highest BCUT2D eigenvalue weighted by Gasteiger charge is 2.39. The minimum absolute atomic E-state index is 0.0128. The lowest BCUT2D eigenvalue weighted by atomic mass is 9.93. The number of nitrogens with zero attached hydrogens (tertiary/aromatic N) is 4. The second kappa shape index (κ2) is 22.3. The Bertz CT molecular complexity index is 2620. The minimum Gasteiger partial charge on any atom is -0.488 e. The van der Waals surface area contributed by atoms with E-state index in [4.69, 9.17) is 23.7 Å². The highest BCUT2D eigenvalue weighted by molar-refractivity contribution is 7.13. The van der Waals surface area contributed by atoms with E-state index in [1.807, 2.05) is 25.3 Å². The Morgan fingerprint density at radius 1 is 0.838 bits per heavy atom. The summed E-state index contributed by atoms with van der Waals surface area (Å²) < 4.78 is 29.0. The number of amides is 4. The summed E-state index contributed by atoms with van der Waals surface area (Å²) in [6, 6.07) is 13.3. The molecule has 18 heteroatoms. The Labute approximate surface area is 401 Å². The van der Waals surface area contributed by atoms with Crippen molar-refractivity contribution in [1.82, 2.24) is 19.9 Å². The van der Waals surface area contributed by atoms with Crippen molar-refractivity contribution in [3.63, 3.8) is 0 Å². The van der Waals surface area contributed by atoms with Gasteiger partial charge in [0.15, 0.2) is 5.69 Å². The molecule has 0 bridgehead atoms. The maximum absolute atomic E-state index is 14.5. The molecule has 1 aliphatic heterocycles. The van der Waals surface area contributed by atoms with E-state index in [0.717, 1.165) is 34.4 Å². The molecule has 6 rings (SSSR count). The number of ether oxygens (including phenoxy) is 5. The van der Waals surface area contributed by atoms with E-state index in [1.54, 1.807) is 99.6 Å². The first kappa shape index (κ1) is 53.8. The molecule has 4 amide bonds. The maximum atomic E-state index is 14.5. The Balaban J connectivity index is 0.000000913. The van der Waals surface area contributed by atoms with Gasteiger partial charge in [0.1, 0.15) is 29.2 Å². The van der Waals surface area contributed by atoms with Gasteiger partial charge in [0.2, 0.25) is 12.4 Å². The zero-order chi connectivity index (χ0) is 50.9. The van der Waals surface area contributed by atoms with Crippen molar-refractivity contribution in [2.24, 2.45) is 5.92 Å². The molecule has 4 heterocycles. The molecule has 0 spiro atoms. The van der Waals surface area contributed by atoms with Crippen molar-refractivity contribution in [2.45, 2.75) is 127 Å². The average Bonchev–Trinajstić information content (AvgIpc) is 3.87. The van der Waals surface area contributed by atoms with Crippen molar-refractivity contribution in [3.05, 3.63) is 76.4 Å². The lowest BCUT2D eigenvalue weighted by Crippen LogP contribution is -2.45. The van der Waals surface area contributed by atoms with Crippen LogP contribution in [0.4, 0.5) is 26.0 Å². The topological polar surface area (TPSA) is 207 Å². The van der Waals surface area contributed by atoms with Gasteiger partial charge in [-0.25, -0.2) is 33.7 Å². The SMILES string of the molecule is CC.CC(C)CCNC=O.COC(=O)c1nc(C)ccc1-c1cc2c(cc1C(=O)Nc1ccc3nc(N(C(=O)OC(C)(C)C)C(=O)OC(C)(C)C)n(C(=O)OC(C)(C)C)c3c1)-c1sccc1CO2. The Morgan fingerprint density at radius 2 is 1.47 bits per heavy atom. The van der Waals surface area contributed by atoms with Gasteiger partial charge in [-0.05, 0) is 129 Å². The number of hydrogen-bond acceptors (Lipinski definition) is 14. The number of thiophene rings is 1. The molecule has 366 valence electrons. The number of fused-ring (bicyclic) bond motifs is 4. The summed E-state index contributed by atoms with van der Waals surface area (Å²) >= 11 is 1.51. The first-order chi connectivity index (χ1) is 31.8. The fourth-order valence-corrected chi connectivity index (χ4v) is 7.35. The van der Waals surface area contributed by atoms with Crippen molar-refractivity contribution in [3.8, 4) is 27.3 Å². The summed E-state index contributed by atoms with van der Waals surface area (Å²) in [5, 5.41) is 7.46. The molecule has 68 heavy (non-hydrogen) atoms. The van der Waals surface area contributed by atoms with Crippen LogP contribution < -0.4 is 20.3 Å². The van der Waals surface area contributed by atoms with Crippen LogP contribution >= 0.6 is 11.3 Å². The average molecular weight is 957 g/mol. The molecular formula is C50H64N6O11S. The maximum Gasteiger partial charge on any atom is 0.427 e. The third-order valence-corrected chi connectivity index (χ3v) is 10.2. The number of methoxy groups -OCH3 is 1. The number of carbonyl (C=O) groups is 6. The number of nitrogens with one attached hydrogen (secondary N) is 2. The van der Waals surface area contributed by atoms with Gasteiger partial charge in [0, 0.05) is 50.6 Å². The zero-order valence-corrected chi connectivity index (χ0v) is 42.5. The van der Waals surface area contributed by atoms with Crippen LogP contribution in [-0.2, 0) is 30.3 Å². The van der Waals surface area contributed by atoms with Gasteiger partial charge < -0.3 is 34.3 Å². The third kappa shape index (κ3) is 13.9. The molecule has 17 nitrogen and oxygen atoms in total. The molecule has 0 saturated carbocycles. The van der Waals surface area contributed by atoms with Crippen LogP contribution in [-0.4, -0.2) is 81.6 Å². The lowest BCUT2D eigenvalue weighted by Gasteiger charge is -2.28. The highest BCUT2D eigenvalue weighted by Crippen LogP contribution is 2.45. The van der Waals surface area contributed by atoms with E-state index in [0.29, 0.717) is 45.6 Å². The number of esters is 1. The van der Waals surface area contributed by atoms with Crippen molar-refractivity contribution in [1.29, 1.82) is 0 Å². The minimum atomic E-state index is -1.15. The van der Waals surface area contributed by atoms with Crippen LogP contribution in [0.25, 0.3) is 32.6 Å². The molecule has 1 aliphatic rings.